The summed E-state index contributed by atoms with van der Waals surface area (Å²) in [6.07, 6.45) is 0.416. The van der Waals surface area contributed by atoms with Crippen LogP contribution < -0.4 is 11.5 Å². The van der Waals surface area contributed by atoms with Crippen molar-refractivity contribution in [3.63, 3.8) is 0 Å². The first-order valence-electron chi connectivity index (χ1n) is 7.04. The van der Waals surface area contributed by atoms with Crippen LogP contribution in [0.5, 0.6) is 0 Å². The van der Waals surface area contributed by atoms with Gasteiger partial charge in [-0.05, 0) is 61.1 Å². The van der Waals surface area contributed by atoms with Gasteiger partial charge in [0, 0.05) is 17.8 Å². The lowest BCUT2D eigenvalue weighted by Crippen LogP contribution is -2.04. The van der Waals surface area contributed by atoms with Crippen molar-refractivity contribution >= 4 is 57.8 Å². The van der Waals surface area contributed by atoms with Crippen LogP contribution in [0.15, 0.2) is 0 Å². The summed E-state index contributed by atoms with van der Waals surface area (Å²) < 4.78 is 0. The van der Waals surface area contributed by atoms with Crippen molar-refractivity contribution in [1.82, 2.24) is 0 Å². The Bertz CT molecular complexity index is 688. The van der Waals surface area contributed by atoms with Gasteiger partial charge in [0.1, 0.15) is 0 Å². The number of nitrogen functional groups attached to an aromatic ring is 2. The molecule has 0 heterocycles. The van der Waals surface area contributed by atoms with Gasteiger partial charge in [-0.1, -0.05) is 46.4 Å². The van der Waals surface area contributed by atoms with E-state index in [1.54, 1.807) is 0 Å². The monoisotopic (exact) mass is 390 g/mol. The van der Waals surface area contributed by atoms with Gasteiger partial charge in [0.2, 0.25) is 0 Å². The highest BCUT2D eigenvalue weighted by Gasteiger charge is 2.21. The van der Waals surface area contributed by atoms with Crippen LogP contribution in [0.25, 0.3) is 0 Å². The largest absolute Gasteiger partial charge is 0.398 e. The Labute approximate surface area is 156 Å². The Hall–Kier alpha value is -0.800. The minimum atomic E-state index is 0.416. The van der Waals surface area contributed by atoms with Gasteiger partial charge in [-0.3, -0.25) is 0 Å². The zero-order valence-corrected chi connectivity index (χ0v) is 16.4. The van der Waals surface area contributed by atoms with Gasteiger partial charge >= 0.3 is 0 Å². The van der Waals surface area contributed by atoms with E-state index in [1.165, 1.54) is 0 Å². The average molecular weight is 392 g/mol. The normalized spacial score (nSPS) is 11.1. The third kappa shape index (κ3) is 2.98. The van der Waals surface area contributed by atoms with Crippen LogP contribution in [0.4, 0.5) is 11.4 Å². The molecule has 0 aliphatic carbocycles. The summed E-state index contributed by atoms with van der Waals surface area (Å²) in [7, 11) is 0. The van der Waals surface area contributed by atoms with Crippen molar-refractivity contribution in [3.05, 3.63) is 53.5 Å². The number of nitrogens with two attached hydrogens (primary N) is 2. The second-order valence-electron chi connectivity index (χ2n) is 5.72. The molecule has 4 N–H and O–H groups in total. The van der Waals surface area contributed by atoms with E-state index in [2.05, 4.69) is 0 Å². The molecule has 6 heteroatoms. The van der Waals surface area contributed by atoms with Gasteiger partial charge in [-0.25, -0.2) is 0 Å². The van der Waals surface area contributed by atoms with Crippen molar-refractivity contribution < 1.29 is 0 Å². The molecule has 0 saturated heterocycles. The molecule has 2 aromatic carbocycles. The standard InChI is InChI=1S/C17H18Cl4N2/c1-6-12(18)10(13(19)7(2)16(6)22)5-11-14(20)8(3)17(23)9(4)15(11)21/h5,22-23H2,1-4H3. The van der Waals surface area contributed by atoms with Crippen molar-refractivity contribution in [2.24, 2.45) is 0 Å². The predicted molar refractivity (Wildman–Crippen MR) is 104 cm³/mol. The molecule has 0 amide bonds. The zero-order valence-electron chi connectivity index (χ0n) is 13.4. The Kier molecular flexibility index (Phi) is 5.32. The van der Waals surface area contributed by atoms with Gasteiger partial charge in [0.05, 0.1) is 20.1 Å². The third-order valence-corrected chi connectivity index (χ3v) is 6.39. The molecule has 0 radical (unpaired) electrons. The molecule has 2 aromatic rings. The fourth-order valence-corrected chi connectivity index (χ4v) is 3.77. The molecule has 0 aromatic heterocycles. The molecular weight excluding hydrogens is 374 g/mol. The fraction of sp³-hybridized carbons (Fsp3) is 0.294. The molecule has 0 spiro atoms. The summed E-state index contributed by atoms with van der Waals surface area (Å²) in [5.41, 5.74) is 18.0. The maximum absolute atomic E-state index is 6.47. The molecule has 2 nitrogen and oxygen atoms in total. The summed E-state index contributed by atoms with van der Waals surface area (Å²) in [5, 5.41) is 2.16. The first kappa shape index (κ1) is 18.5. The van der Waals surface area contributed by atoms with Crippen molar-refractivity contribution in [1.29, 1.82) is 0 Å². The van der Waals surface area contributed by atoms with Gasteiger partial charge in [-0.15, -0.1) is 0 Å². The molecule has 124 valence electrons. The molecule has 0 aliphatic heterocycles. The Balaban J connectivity index is 2.71. The van der Waals surface area contributed by atoms with Gasteiger partial charge in [0.25, 0.3) is 0 Å². The highest BCUT2D eigenvalue weighted by Crippen LogP contribution is 2.42. The first-order valence-corrected chi connectivity index (χ1v) is 8.55. The van der Waals surface area contributed by atoms with E-state index >= 15 is 0 Å². The van der Waals surface area contributed by atoms with Crippen molar-refractivity contribution in [3.8, 4) is 0 Å². The molecule has 0 atom stereocenters. The van der Waals surface area contributed by atoms with Crippen LogP contribution in [0.3, 0.4) is 0 Å². The molecule has 0 fully saturated rings. The average Bonchev–Trinajstić information content (AvgIpc) is 2.54. The second kappa shape index (κ2) is 6.60. The lowest BCUT2D eigenvalue weighted by atomic mass is 9.95. The van der Waals surface area contributed by atoms with Crippen LogP contribution in [-0.4, -0.2) is 0 Å². The molecular formula is C17H18Cl4N2. The van der Waals surface area contributed by atoms with Gasteiger partial charge < -0.3 is 11.5 Å². The summed E-state index contributed by atoms with van der Waals surface area (Å²) in [6.45, 7) is 7.47. The Morgan fingerprint density at radius 1 is 0.565 bits per heavy atom. The highest BCUT2D eigenvalue weighted by atomic mass is 35.5. The van der Waals surface area contributed by atoms with Crippen molar-refractivity contribution in [2.45, 2.75) is 34.1 Å². The van der Waals surface area contributed by atoms with E-state index in [4.69, 9.17) is 57.9 Å². The molecule has 0 bridgehead atoms. The SMILES string of the molecule is Cc1c(N)c(C)c(Cl)c(Cc2c(Cl)c(C)c(N)c(C)c2Cl)c1Cl. The lowest BCUT2D eigenvalue weighted by molar-refractivity contribution is 1.15. The minimum absolute atomic E-state index is 0.416. The summed E-state index contributed by atoms with van der Waals surface area (Å²) in [4.78, 5) is 0. The maximum atomic E-state index is 6.47. The topological polar surface area (TPSA) is 52.0 Å². The molecule has 2 rings (SSSR count). The lowest BCUT2D eigenvalue weighted by Gasteiger charge is -2.19. The summed E-state index contributed by atoms with van der Waals surface area (Å²) in [5.74, 6) is 0. The maximum Gasteiger partial charge on any atom is 0.0506 e. The molecule has 0 aliphatic rings. The predicted octanol–water partition coefficient (Wildman–Crippen LogP) is 6.29. The summed E-state index contributed by atoms with van der Waals surface area (Å²) in [6, 6.07) is 0. The van der Waals surface area contributed by atoms with Gasteiger partial charge in [-0.2, -0.15) is 0 Å². The van der Waals surface area contributed by atoms with E-state index in [0.29, 0.717) is 37.9 Å². The van der Waals surface area contributed by atoms with E-state index in [0.717, 1.165) is 33.4 Å². The second-order valence-corrected chi connectivity index (χ2v) is 7.23. The molecule has 23 heavy (non-hydrogen) atoms. The van der Waals surface area contributed by atoms with Crippen LogP contribution in [0, 0.1) is 27.7 Å². The number of benzene rings is 2. The smallest absolute Gasteiger partial charge is 0.0506 e. The van der Waals surface area contributed by atoms with E-state index in [-0.39, 0.29) is 0 Å². The van der Waals surface area contributed by atoms with E-state index < -0.39 is 0 Å². The number of halogens is 4. The van der Waals surface area contributed by atoms with Crippen LogP contribution >= 0.6 is 46.4 Å². The Morgan fingerprint density at radius 3 is 1.00 bits per heavy atom. The number of hydrogen-bond donors (Lipinski definition) is 2. The first-order chi connectivity index (χ1) is 10.6. The minimum Gasteiger partial charge on any atom is -0.398 e. The van der Waals surface area contributed by atoms with Crippen molar-refractivity contribution in [2.75, 3.05) is 11.5 Å². The quantitative estimate of drug-likeness (QED) is 0.591. The van der Waals surface area contributed by atoms with E-state index in [9.17, 15) is 0 Å². The van der Waals surface area contributed by atoms with Crippen LogP contribution in [0.1, 0.15) is 33.4 Å². The summed E-state index contributed by atoms with van der Waals surface area (Å²) >= 11 is 25.9. The third-order valence-electron chi connectivity index (χ3n) is 4.35. The fourth-order valence-electron chi connectivity index (χ4n) is 2.62. The Morgan fingerprint density at radius 2 is 0.783 bits per heavy atom. The number of hydrogen-bond acceptors (Lipinski definition) is 2. The highest BCUT2D eigenvalue weighted by molar-refractivity contribution is 6.39. The van der Waals surface area contributed by atoms with Gasteiger partial charge in [0.15, 0.2) is 0 Å². The molecule has 0 saturated carbocycles. The van der Waals surface area contributed by atoms with Crippen LogP contribution in [0.2, 0.25) is 20.1 Å². The molecule has 0 unspecified atom stereocenters. The number of anilines is 2. The number of rotatable bonds is 2. The van der Waals surface area contributed by atoms with Crippen LogP contribution in [-0.2, 0) is 6.42 Å². The zero-order chi connectivity index (χ0) is 17.6. The van der Waals surface area contributed by atoms with E-state index in [1.807, 2.05) is 27.7 Å².